The molecule has 1 aromatic rings. The second kappa shape index (κ2) is 7.78. The molecule has 0 atom stereocenters. The Balaban J connectivity index is 2.00. The molecule has 0 amide bonds. The van der Waals surface area contributed by atoms with Crippen LogP contribution in [0.3, 0.4) is 0 Å². The summed E-state index contributed by atoms with van der Waals surface area (Å²) in [5, 5.41) is 1.03. The lowest BCUT2D eigenvalue weighted by molar-refractivity contribution is 0.232. The van der Waals surface area contributed by atoms with Gasteiger partial charge in [-0.3, -0.25) is 0 Å². The van der Waals surface area contributed by atoms with Crippen molar-refractivity contribution in [2.75, 3.05) is 43.0 Å². The maximum Gasteiger partial charge on any atom is 0.218 e. The number of anilines is 1. The van der Waals surface area contributed by atoms with E-state index in [0.717, 1.165) is 50.3 Å². The predicted molar refractivity (Wildman–Crippen MR) is 84.9 cm³/mol. The summed E-state index contributed by atoms with van der Waals surface area (Å²) in [5.74, 6) is 1.63. The molecule has 1 saturated heterocycles. The Hall–Kier alpha value is -0.880. The van der Waals surface area contributed by atoms with Crippen LogP contribution >= 0.6 is 15.9 Å². The molecule has 0 unspecified atom stereocenters. The van der Waals surface area contributed by atoms with Crippen LogP contribution in [-0.4, -0.2) is 59.0 Å². The summed E-state index contributed by atoms with van der Waals surface area (Å²) in [5.41, 5.74) is 0. The molecule has 0 saturated carbocycles. The van der Waals surface area contributed by atoms with Crippen molar-refractivity contribution in [2.45, 2.75) is 26.4 Å². The standard InChI is InChI=1S/C14H23BrN4O/c1-12(2)20-14-10-13(16-11-17-14)19-6-3-5-18(7-4-15)8-9-19/h10-12H,3-9H2,1-2H3. The van der Waals surface area contributed by atoms with Gasteiger partial charge in [0, 0.05) is 37.6 Å². The second-order valence-corrected chi connectivity index (χ2v) is 6.05. The Morgan fingerprint density at radius 2 is 2.10 bits per heavy atom. The minimum absolute atomic E-state index is 0.135. The first-order valence-electron chi connectivity index (χ1n) is 7.21. The van der Waals surface area contributed by atoms with Crippen molar-refractivity contribution in [1.82, 2.24) is 14.9 Å². The van der Waals surface area contributed by atoms with Gasteiger partial charge >= 0.3 is 0 Å². The summed E-state index contributed by atoms with van der Waals surface area (Å²) in [4.78, 5) is 13.4. The zero-order valence-corrected chi connectivity index (χ0v) is 13.8. The van der Waals surface area contributed by atoms with Crippen molar-refractivity contribution in [2.24, 2.45) is 0 Å². The molecule has 2 heterocycles. The van der Waals surface area contributed by atoms with Gasteiger partial charge in [-0.05, 0) is 26.8 Å². The molecule has 1 aromatic heterocycles. The van der Waals surface area contributed by atoms with Gasteiger partial charge in [0.25, 0.3) is 0 Å². The topological polar surface area (TPSA) is 41.5 Å². The molecule has 6 heteroatoms. The number of hydrogen-bond acceptors (Lipinski definition) is 5. The first kappa shape index (κ1) is 15.5. The number of rotatable bonds is 5. The van der Waals surface area contributed by atoms with Gasteiger partial charge in [0.2, 0.25) is 5.88 Å². The summed E-state index contributed by atoms with van der Waals surface area (Å²) >= 11 is 3.51. The van der Waals surface area contributed by atoms with Crippen LogP contribution < -0.4 is 9.64 Å². The highest BCUT2D eigenvalue weighted by Crippen LogP contribution is 2.18. The minimum atomic E-state index is 0.135. The zero-order valence-electron chi connectivity index (χ0n) is 12.3. The van der Waals surface area contributed by atoms with E-state index in [1.807, 2.05) is 19.9 Å². The maximum absolute atomic E-state index is 5.64. The molecule has 0 radical (unpaired) electrons. The third-order valence-corrected chi connectivity index (χ3v) is 3.65. The van der Waals surface area contributed by atoms with Gasteiger partial charge in [-0.15, -0.1) is 0 Å². The fourth-order valence-electron chi connectivity index (χ4n) is 2.35. The maximum atomic E-state index is 5.64. The number of aromatic nitrogens is 2. The Kier molecular flexibility index (Phi) is 6.04. The Morgan fingerprint density at radius 1 is 1.25 bits per heavy atom. The molecule has 1 fully saturated rings. The van der Waals surface area contributed by atoms with Crippen LogP contribution in [-0.2, 0) is 0 Å². The molecule has 0 aromatic carbocycles. The van der Waals surface area contributed by atoms with Gasteiger partial charge < -0.3 is 14.5 Å². The van der Waals surface area contributed by atoms with Crippen LogP contribution in [0, 0.1) is 0 Å². The van der Waals surface area contributed by atoms with E-state index >= 15 is 0 Å². The average molecular weight is 343 g/mol. The minimum Gasteiger partial charge on any atom is -0.475 e. The molecular weight excluding hydrogens is 320 g/mol. The molecule has 1 aliphatic rings. The van der Waals surface area contributed by atoms with E-state index in [2.05, 4.69) is 35.7 Å². The van der Waals surface area contributed by atoms with E-state index < -0.39 is 0 Å². The quantitative estimate of drug-likeness (QED) is 0.767. The average Bonchev–Trinajstić information content (AvgIpc) is 2.64. The van der Waals surface area contributed by atoms with Crippen LogP contribution in [0.4, 0.5) is 5.82 Å². The molecule has 20 heavy (non-hydrogen) atoms. The van der Waals surface area contributed by atoms with Crippen LogP contribution in [0.2, 0.25) is 0 Å². The SMILES string of the molecule is CC(C)Oc1cc(N2CCCN(CCBr)CC2)ncn1. The Labute approximate surface area is 129 Å². The van der Waals surface area contributed by atoms with E-state index in [1.165, 1.54) is 0 Å². The van der Waals surface area contributed by atoms with Gasteiger partial charge in [0.15, 0.2) is 0 Å². The van der Waals surface area contributed by atoms with Gasteiger partial charge in [0.1, 0.15) is 12.1 Å². The molecule has 112 valence electrons. The number of halogens is 1. The highest BCUT2D eigenvalue weighted by atomic mass is 79.9. The molecule has 1 aliphatic heterocycles. The van der Waals surface area contributed by atoms with Crippen molar-refractivity contribution in [3.8, 4) is 5.88 Å². The molecule has 0 bridgehead atoms. The number of alkyl halides is 1. The number of hydrogen-bond donors (Lipinski definition) is 0. The zero-order chi connectivity index (χ0) is 14.4. The summed E-state index contributed by atoms with van der Waals surface area (Å²) in [6, 6.07) is 1.94. The van der Waals surface area contributed by atoms with Gasteiger partial charge in [0.05, 0.1) is 6.10 Å². The highest BCUT2D eigenvalue weighted by molar-refractivity contribution is 9.09. The first-order chi connectivity index (χ1) is 9.69. The van der Waals surface area contributed by atoms with E-state index in [4.69, 9.17) is 4.74 Å². The largest absolute Gasteiger partial charge is 0.475 e. The van der Waals surface area contributed by atoms with E-state index in [-0.39, 0.29) is 6.10 Å². The van der Waals surface area contributed by atoms with Crippen molar-refractivity contribution in [1.29, 1.82) is 0 Å². The second-order valence-electron chi connectivity index (χ2n) is 5.25. The molecule has 0 spiro atoms. The van der Waals surface area contributed by atoms with Crippen LogP contribution in [0.5, 0.6) is 5.88 Å². The predicted octanol–water partition coefficient (Wildman–Crippen LogP) is 2.17. The van der Waals surface area contributed by atoms with Crippen LogP contribution in [0.15, 0.2) is 12.4 Å². The van der Waals surface area contributed by atoms with E-state index in [0.29, 0.717) is 5.88 Å². The highest BCUT2D eigenvalue weighted by Gasteiger charge is 2.16. The summed E-state index contributed by atoms with van der Waals surface area (Å²) in [6.07, 6.45) is 2.89. The molecule has 5 nitrogen and oxygen atoms in total. The molecule has 0 aliphatic carbocycles. The Morgan fingerprint density at radius 3 is 2.85 bits per heavy atom. The van der Waals surface area contributed by atoms with Gasteiger partial charge in [-0.2, -0.15) is 0 Å². The fourth-order valence-corrected chi connectivity index (χ4v) is 2.85. The summed E-state index contributed by atoms with van der Waals surface area (Å²) < 4.78 is 5.64. The number of ether oxygens (including phenoxy) is 1. The smallest absolute Gasteiger partial charge is 0.218 e. The van der Waals surface area contributed by atoms with Gasteiger partial charge in [-0.25, -0.2) is 9.97 Å². The normalized spacial score (nSPS) is 17.3. The van der Waals surface area contributed by atoms with Crippen molar-refractivity contribution >= 4 is 21.7 Å². The monoisotopic (exact) mass is 342 g/mol. The lowest BCUT2D eigenvalue weighted by atomic mass is 10.3. The lowest BCUT2D eigenvalue weighted by Gasteiger charge is -2.22. The lowest BCUT2D eigenvalue weighted by Crippen LogP contribution is -2.32. The van der Waals surface area contributed by atoms with Crippen LogP contribution in [0.1, 0.15) is 20.3 Å². The van der Waals surface area contributed by atoms with E-state index in [9.17, 15) is 0 Å². The van der Waals surface area contributed by atoms with Crippen molar-refractivity contribution in [3.05, 3.63) is 12.4 Å². The fraction of sp³-hybridized carbons (Fsp3) is 0.714. The van der Waals surface area contributed by atoms with Crippen LogP contribution in [0.25, 0.3) is 0 Å². The molecule has 2 rings (SSSR count). The molecular formula is C14H23BrN4O. The van der Waals surface area contributed by atoms with Gasteiger partial charge in [-0.1, -0.05) is 15.9 Å². The third kappa shape index (κ3) is 4.59. The van der Waals surface area contributed by atoms with Crippen molar-refractivity contribution < 1.29 is 4.74 Å². The molecule has 0 N–H and O–H groups in total. The summed E-state index contributed by atoms with van der Waals surface area (Å²) in [6.45, 7) is 9.40. The van der Waals surface area contributed by atoms with E-state index in [1.54, 1.807) is 6.33 Å². The summed E-state index contributed by atoms with van der Waals surface area (Å²) in [7, 11) is 0. The number of nitrogens with zero attached hydrogens (tertiary/aromatic N) is 4. The first-order valence-corrected chi connectivity index (χ1v) is 8.33. The van der Waals surface area contributed by atoms with Crippen molar-refractivity contribution in [3.63, 3.8) is 0 Å². The Bertz CT molecular complexity index is 416. The third-order valence-electron chi connectivity index (χ3n) is 3.30.